The second kappa shape index (κ2) is 8.93. The summed E-state index contributed by atoms with van der Waals surface area (Å²) in [4.78, 5) is 27.8. The molecule has 8 heteroatoms. The van der Waals surface area contributed by atoms with E-state index in [1.165, 1.54) is 15.5 Å². The Balaban J connectivity index is 1.66. The van der Waals surface area contributed by atoms with E-state index >= 15 is 0 Å². The molecule has 0 aliphatic heterocycles. The van der Waals surface area contributed by atoms with Crippen LogP contribution in [0.4, 0.5) is 0 Å². The van der Waals surface area contributed by atoms with E-state index in [2.05, 4.69) is 5.10 Å². The molecule has 1 N–H and O–H groups in total. The highest BCUT2D eigenvalue weighted by molar-refractivity contribution is 5.77. The topological polar surface area (TPSA) is 89.1 Å². The van der Waals surface area contributed by atoms with E-state index in [1.54, 1.807) is 36.5 Å². The van der Waals surface area contributed by atoms with Crippen molar-refractivity contribution in [3.63, 3.8) is 0 Å². The van der Waals surface area contributed by atoms with Crippen molar-refractivity contribution < 1.29 is 14.6 Å². The number of amides is 1. The van der Waals surface area contributed by atoms with Crippen molar-refractivity contribution in [2.24, 2.45) is 0 Å². The van der Waals surface area contributed by atoms with Gasteiger partial charge in [0, 0.05) is 36.6 Å². The zero-order chi connectivity index (χ0) is 22.0. The van der Waals surface area contributed by atoms with Crippen LogP contribution < -0.4 is 10.3 Å². The van der Waals surface area contributed by atoms with E-state index in [4.69, 9.17) is 4.74 Å². The Morgan fingerprint density at radius 3 is 2.55 bits per heavy atom. The van der Waals surface area contributed by atoms with Gasteiger partial charge in [0.1, 0.15) is 17.8 Å². The van der Waals surface area contributed by atoms with Crippen molar-refractivity contribution in [1.29, 1.82) is 0 Å². The van der Waals surface area contributed by atoms with E-state index in [0.29, 0.717) is 17.0 Å². The number of methoxy groups -OCH3 is 1. The third-order valence-electron chi connectivity index (χ3n) is 6.20. The predicted octanol–water partition coefficient (Wildman–Crippen LogP) is 2.46. The molecule has 1 saturated carbocycles. The number of carbonyl (C=O) groups excluding carboxylic acids is 1. The number of aliphatic hydroxyl groups is 1. The second-order valence-electron chi connectivity index (χ2n) is 8.03. The van der Waals surface area contributed by atoms with Crippen LogP contribution in [-0.4, -0.2) is 50.3 Å². The summed E-state index contributed by atoms with van der Waals surface area (Å²) in [5.74, 6) is 0.625. The molecule has 1 aliphatic carbocycles. The molecule has 0 radical (unpaired) electrons. The fourth-order valence-corrected chi connectivity index (χ4v) is 4.34. The average molecular weight is 425 g/mol. The highest BCUT2D eigenvalue weighted by atomic mass is 16.5. The third-order valence-corrected chi connectivity index (χ3v) is 6.20. The van der Waals surface area contributed by atoms with Crippen molar-refractivity contribution in [3.8, 4) is 17.0 Å². The molecule has 3 aromatic rings. The molecule has 2 heterocycles. The number of nitrogens with zero attached hydrogens (tertiary/aromatic N) is 4. The van der Waals surface area contributed by atoms with Gasteiger partial charge in [0.25, 0.3) is 5.56 Å². The van der Waals surface area contributed by atoms with E-state index in [0.717, 1.165) is 31.2 Å². The van der Waals surface area contributed by atoms with Gasteiger partial charge in [-0.15, -0.1) is 0 Å². The number of likely N-dealkylation sites (N-methyl/N-ethyl adjacent to an activating group) is 1. The average Bonchev–Trinajstić information content (AvgIpc) is 3.20. The fraction of sp³-hybridized carbons (Fsp3) is 0.435. The van der Waals surface area contributed by atoms with E-state index in [-0.39, 0.29) is 36.2 Å². The van der Waals surface area contributed by atoms with Gasteiger partial charge in [-0.25, -0.2) is 4.52 Å². The fourth-order valence-electron chi connectivity index (χ4n) is 4.34. The number of benzene rings is 1. The summed E-state index contributed by atoms with van der Waals surface area (Å²) in [5, 5.41) is 14.5. The molecule has 8 nitrogen and oxygen atoms in total. The molecular formula is C23H28N4O4. The lowest BCUT2D eigenvalue weighted by Crippen LogP contribution is -2.41. The Morgan fingerprint density at radius 1 is 1.19 bits per heavy atom. The van der Waals surface area contributed by atoms with E-state index < -0.39 is 0 Å². The Kier molecular flexibility index (Phi) is 6.08. The number of hydrogen-bond acceptors (Lipinski definition) is 5. The van der Waals surface area contributed by atoms with Gasteiger partial charge in [-0.2, -0.15) is 5.10 Å². The molecule has 1 aromatic carbocycles. The molecule has 0 bridgehead atoms. The summed E-state index contributed by atoms with van der Waals surface area (Å²) in [6.45, 7) is -0.365. The minimum absolute atomic E-state index is 0.0315. The summed E-state index contributed by atoms with van der Waals surface area (Å²) >= 11 is 0. The first-order chi connectivity index (χ1) is 15.0. The minimum Gasteiger partial charge on any atom is -0.497 e. The normalized spacial score (nSPS) is 14.7. The number of aliphatic hydroxyl groups excluding tert-OH is 1. The Bertz CT molecular complexity index is 1130. The molecule has 0 atom stereocenters. The summed E-state index contributed by atoms with van der Waals surface area (Å²) in [6.07, 6.45) is 8.74. The third kappa shape index (κ3) is 4.07. The summed E-state index contributed by atoms with van der Waals surface area (Å²) in [6, 6.07) is 7.52. The molecule has 1 aliphatic rings. The molecule has 1 amide bonds. The van der Waals surface area contributed by atoms with Crippen molar-refractivity contribution in [2.75, 3.05) is 14.2 Å². The Morgan fingerprint density at radius 2 is 1.90 bits per heavy atom. The lowest BCUT2D eigenvalue weighted by Gasteiger charge is -2.31. The smallest absolute Gasteiger partial charge is 0.277 e. The number of rotatable bonds is 6. The molecule has 0 saturated heterocycles. The van der Waals surface area contributed by atoms with Gasteiger partial charge in [-0.1, -0.05) is 19.3 Å². The lowest BCUT2D eigenvalue weighted by molar-refractivity contribution is -0.133. The van der Waals surface area contributed by atoms with Gasteiger partial charge in [-0.3, -0.25) is 9.59 Å². The molecule has 164 valence electrons. The number of carbonyl (C=O) groups is 1. The van der Waals surface area contributed by atoms with Gasteiger partial charge in [0.15, 0.2) is 0 Å². The number of hydrogen-bond donors (Lipinski definition) is 1. The largest absolute Gasteiger partial charge is 0.497 e. The number of ether oxygens (including phenoxy) is 1. The number of fused-ring (bicyclic) bond motifs is 1. The van der Waals surface area contributed by atoms with Crippen LogP contribution in [0.3, 0.4) is 0 Å². The first-order valence-electron chi connectivity index (χ1n) is 10.6. The van der Waals surface area contributed by atoms with E-state index in [1.807, 2.05) is 19.2 Å². The Labute approximate surface area is 180 Å². The van der Waals surface area contributed by atoms with Gasteiger partial charge in [0.2, 0.25) is 5.91 Å². The van der Waals surface area contributed by atoms with Crippen molar-refractivity contribution >= 4 is 11.4 Å². The zero-order valence-electron chi connectivity index (χ0n) is 18.0. The van der Waals surface area contributed by atoms with E-state index in [9.17, 15) is 14.7 Å². The quantitative estimate of drug-likeness (QED) is 0.657. The zero-order valence-corrected chi connectivity index (χ0v) is 18.0. The lowest BCUT2D eigenvalue weighted by atomic mass is 9.94. The SMILES string of the molecule is COc1ccc(-c2nn3ccn(CC(=O)N(C)C4CCCCC4)c(=O)c3c2CO)cc1. The van der Waals surface area contributed by atoms with Crippen molar-refractivity contribution in [3.05, 3.63) is 52.6 Å². The summed E-state index contributed by atoms with van der Waals surface area (Å²) in [5.41, 5.74) is 1.68. The molecule has 0 unspecified atom stereocenters. The maximum atomic E-state index is 13.2. The van der Waals surface area contributed by atoms with Gasteiger partial charge >= 0.3 is 0 Å². The molecular weight excluding hydrogens is 396 g/mol. The van der Waals surface area contributed by atoms with Crippen LogP contribution in [0.2, 0.25) is 0 Å². The highest BCUT2D eigenvalue weighted by Gasteiger charge is 2.23. The summed E-state index contributed by atoms with van der Waals surface area (Å²) in [7, 11) is 3.41. The van der Waals surface area contributed by atoms with Crippen LogP contribution in [0.25, 0.3) is 16.8 Å². The standard InChI is InChI=1S/C23H28N4O4/c1-25(17-6-4-3-5-7-17)20(29)14-26-12-13-27-22(23(26)30)19(15-28)21(24-27)16-8-10-18(31-2)11-9-16/h8-13,17,28H,3-7,14-15H2,1-2H3. The van der Waals surface area contributed by atoms with Crippen molar-refractivity contribution in [2.45, 2.75) is 51.3 Å². The second-order valence-corrected chi connectivity index (χ2v) is 8.03. The van der Waals surface area contributed by atoms with Gasteiger partial charge in [-0.05, 0) is 37.1 Å². The maximum Gasteiger partial charge on any atom is 0.277 e. The molecule has 2 aromatic heterocycles. The molecule has 31 heavy (non-hydrogen) atoms. The van der Waals surface area contributed by atoms with Crippen LogP contribution in [0.1, 0.15) is 37.7 Å². The van der Waals surface area contributed by atoms with Crippen LogP contribution >= 0.6 is 0 Å². The van der Waals surface area contributed by atoms with Crippen LogP contribution in [-0.2, 0) is 17.9 Å². The molecule has 1 fully saturated rings. The monoisotopic (exact) mass is 424 g/mol. The minimum atomic E-state index is -0.343. The first kappa shape index (κ1) is 21.1. The van der Waals surface area contributed by atoms with Crippen LogP contribution in [0.5, 0.6) is 5.75 Å². The van der Waals surface area contributed by atoms with Crippen LogP contribution in [0.15, 0.2) is 41.5 Å². The number of aromatic nitrogens is 3. The van der Waals surface area contributed by atoms with Crippen LogP contribution in [0, 0.1) is 0 Å². The van der Waals surface area contributed by atoms with Gasteiger partial charge in [0.05, 0.1) is 19.4 Å². The first-order valence-corrected chi connectivity index (χ1v) is 10.6. The highest BCUT2D eigenvalue weighted by Crippen LogP contribution is 2.27. The summed E-state index contributed by atoms with van der Waals surface area (Å²) < 4.78 is 8.06. The molecule has 4 rings (SSSR count). The predicted molar refractivity (Wildman–Crippen MR) is 117 cm³/mol. The molecule has 0 spiro atoms. The maximum absolute atomic E-state index is 13.2. The van der Waals surface area contributed by atoms with Crippen molar-refractivity contribution in [1.82, 2.24) is 19.1 Å². The Hall–Kier alpha value is -3.13. The van der Waals surface area contributed by atoms with Gasteiger partial charge < -0.3 is 19.3 Å².